The quantitative estimate of drug-likeness (QED) is 0.404. The second-order valence-electron chi connectivity index (χ2n) is 5.97. The van der Waals surface area contributed by atoms with Crippen molar-refractivity contribution in [3.63, 3.8) is 0 Å². The van der Waals surface area contributed by atoms with Gasteiger partial charge in [0.15, 0.2) is 0 Å². The summed E-state index contributed by atoms with van der Waals surface area (Å²) in [6.45, 7) is 0. The Balaban J connectivity index is 1.79. The van der Waals surface area contributed by atoms with Crippen LogP contribution < -0.4 is 16.8 Å². The molecular formula is C19H19N3O3S. The van der Waals surface area contributed by atoms with Crippen LogP contribution in [-0.2, 0) is 16.5 Å². The third kappa shape index (κ3) is 4.33. The summed E-state index contributed by atoms with van der Waals surface area (Å²) in [6, 6.07) is 19.6. The van der Waals surface area contributed by atoms with Gasteiger partial charge in [0, 0.05) is 17.1 Å². The summed E-state index contributed by atoms with van der Waals surface area (Å²) in [5.74, 6) is 0. The summed E-state index contributed by atoms with van der Waals surface area (Å²) in [5.41, 5.74) is 15.5. The van der Waals surface area contributed by atoms with Crippen molar-refractivity contribution in [2.45, 2.75) is 11.3 Å². The van der Waals surface area contributed by atoms with Crippen molar-refractivity contribution in [3.8, 4) is 0 Å². The maximum atomic E-state index is 11.5. The molecule has 0 amide bonds. The van der Waals surface area contributed by atoms with Crippen molar-refractivity contribution in [1.82, 2.24) is 0 Å². The highest BCUT2D eigenvalue weighted by atomic mass is 32.2. The van der Waals surface area contributed by atoms with E-state index in [1.165, 1.54) is 12.1 Å². The normalized spacial score (nSPS) is 11.3. The van der Waals surface area contributed by atoms with E-state index < -0.39 is 10.1 Å². The molecule has 0 aliphatic heterocycles. The van der Waals surface area contributed by atoms with Crippen molar-refractivity contribution in [3.05, 3.63) is 77.9 Å². The highest BCUT2D eigenvalue weighted by molar-refractivity contribution is 7.86. The van der Waals surface area contributed by atoms with Gasteiger partial charge in [0.25, 0.3) is 10.1 Å². The number of hydrogen-bond donors (Lipinski definition) is 4. The summed E-state index contributed by atoms with van der Waals surface area (Å²) >= 11 is 0. The van der Waals surface area contributed by atoms with Crippen LogP contribution in [0.2, 0.25) is 0 Å². The fourth-order valence-corrected chi connectivity index (χ4v) is 3.27. The minimum Gasteiger partial charge on any atom is -0.399 e. The van der Waals surface area contributed by atoms with E-state index in [2.05, 4.69) is 5.32 Å². The molecule has 3 rings (SSSR count). The molecule has 0 bridgehead atoms. The Kier molecular flexibility index (Phi) is 4.83. The molecule has 0 spiro atoms. The fraction of sp³-hybridized carbons (Fsp3) is 0.0526. The predicted octanol–water partition coefficient (Wildman–Crippen LogP) is 3.43. The second kappa shape index (κ2) is 7.07. The van der Waals surface area contributed by atoms with Crippen LogP contribution in [-0.4, -0.2) is 13.0 Å². The summed E-state index contributed by atoms with van der Waals surface area (Å²) in [4.78, 5) is -0.261. The van der Waals surface area contributed by atoms with Gasteiger partial charge >= 0.3 is 0 Å². The molecule has 26 heavy (non-hydrogen) atoms. The van der Waals surface area contributed by atoms with Gasteiger partial charge in [0.2, 0.25) is 0 Å². The molecule has 3 aromatic rings. The fourth-order valence-electron chi connectivity index (χ4n) is 2.59. The van der Waals surface area contributed by atoms with Gasteiger partial charge in [-0.2, -0.15) is 8.42 Å². The Morgan fingerprint density at radius 2 is 1.35 bits per heavy atom. The van der Waals surface area contributed by atoms with E-state index in [-0.39, 0.29) is 16.3 Å². The Morgan fingerprint density at radius 1 is 0.808 bits per heavy atom. The zero-order chi connectivity index (χ0) is 18.7. The Bertz CT molecular complexity index is 1010. The van der Waals surface area contributed by atoms with Gasteiger partial charge in [-0.1, -0.05) is 24.3 Å². The molecule has 0 saturated carbocycles. The number of benzene rings is 3. The average molecular weight is 369 g/mol. The van der Waals surface area contributed by atoms with Gasteiger partial charge in [-0.15, -0.1) is 0 Å². The highest BCUT2D eigenvalue weighted by Gasteiger charge is 2.16. The number of nitrogens with one attached hydrogen (secondary N) is 1. The molecular weight excluding hydrogens is 350 g/mol. The Morgan fingerprint density at radius 3 is 1.92 bits per heavy atom. The summed E-state index contributed by atoms with van der Waals surface area (Å²) in [5, 5.41) is 2.99. The molecule has 0 aliphatic rings. The van der Waals surface area contributed by atoms with Gasteiger partial charge in [-0.25, -0.2) is 0 Å². The van der Waals surface area contributed by atoms with Crippen LogP contribution >= 0.6 is 0 Å². The first kappa shape index (κ1) is 17.8. The molecule has 7 heteroatoms. The molecule has 0 fully saturated rings. The van der Waals surface area contributed by atoms with Crippen LogP contribution in [0.4, 0.5) is 22.7 Å². The molecule has 0 aliphatic carbocycles. The summed E-state index contributed by atoms with van der Waals surface area (Å²) in [6.07, 6.45) is 0.763. The number of rotatable bonds is 5. The van der Waals surface area contributed by atoms with Crippen LogP contribution in [0.3, 0.4) is 0 Å². The average Bonchev–Trinajstić information content (AvgIpc) is 2.59. The number of hydrogen-bond acceptors (Lipinski definition) is 5. The minimum atomic E-state index is -4.38. The third-order valence-electron chi connectivity index (χ3n) is 3.90. The van der Waals surface area contributed by atoms with Crippen molar-refractivity contribution in [1.29, 1.82) is 0 Å². The van der Waals surface area contributed by atoms with Gasteiger partial charge < -0.3 is 16.8 Å². The number of nitrogen functional groups attached to an aromatic ring is 2. The highest BCUT2D eigenvalue weighted by Crippen LogP contribution is 2.27. The zero-order valence-corrected chi connectivity index (χ0v) is 14.7. The van der Waals surface area contributed by atoms with Gasteiger partial charge in [-0.05, 0) is 60.0 Å². The lowest BCUT2D eigenvalue weighted by molar-refractivity contribution is 0.483. The molecule has 6 nitrogen and oxygen atoms in total. The van der Waals surface area contributed by atoms with Crippen molar-refractivity contribution in [2.75, 3.05) is 16.8 Å². The number of nitrogens with two attached hydrogens (primary N) is 2. The van der Waals surface area contributed by atoms with E-state index in [1.54, 1.807) is 6.07 Å². The SMILES string of the molecule is Nc1ccc(Cc2ccc(Nc3ccc(N)cc3S(=O)(=O)O)cc2)cc1. The van der Waals surface area contributed by atoms with Crippen LogP contribution in [0, 0.1) is 0 Å². The molecule has 0 radical (unpaired) electrons. The maximum absolute atomic E-state index is 11.5. The third-order valence-corrected chi connectivity index (χ3v) is 4.80. The summed E-state index contributed by atoms with van der Waals surface area (Å²) in [7, 11) is -4.38. The van der Waals surface area contributed by atoms with Crippen LogP contribution in [0.25, 0.3) is 0 Å². The first-order valence-corrected chi connectivity index (χ1v) is 9.33. The first-order valence-electron chi connectivity index (χ1n) is 7.89. The predicted molar refractivity (Wildman–Crippen MR) is 104 cm³/mol. The smallest absolute Gasteiger partial charge is 0.296 e. The largest absolute Gasteiger partial charge is 0.399 e. The van der Waals surface area contributed by atoms with E-state index in [1.807, 2.05) is 48.5 Å². The van der Waals surface area contributed by atoms with E-state index in [9.17, 15) is 13.0 Å². The molecule has 0 atom stereocenters. The van der Waals surface area contributed by atoms with Gasteiger partial charge in [-0.3, -0.25) is 4.55 Å². The molecule has 0 heterocycles. The van der Waals surface area contributed by atoms with Crippen LogP contribution in [0.15, 0.2) is 71.6 Å². The van der Waals surface area contributed by atoms with Gasteiger partial charge in [0.1, 0.15) is 4.90 Å². The number of anilines is 4. The summed E-state index contributed by atoms with van der Waals surface area (Å²) < 4.78 is 32.4. The molecule has 0 unspecified atom stereocenters. The van der Waals surface area contributed by atoms with E-state index in [4.69, 9.17) is 11.5 Å². The monoisotopic (exact) mass is 369 g/mol. The van der Waals surface area contributed by atoms with E-state index in [0.717, 1.165) is 23.2 Å². The molecule has 134 valence electrons. The first-order chi connectivity index (χ1) is 12.3. The van der Waals surface area contributed by atoms with Crippen molar-refractivity contribution in [2.24, 2.45) is 0 Å². The topological polar surface area (TPSA) is 118 Å². The van der Waals surface area contributed by atoms with E-state index in [0.29, 0.717) is 5.69 Å². The second-order valence-corrected chi connectivity index (χ2v) is 7.36. The maximum Gasteiger partial charge on any atom is 0.296 e. The minimum absolute atomic E-state index is 0.252. The molecule has 0 aromatic heterocycles. The van der Waals surface area contributed by atoms with E-state index >= 15 is 0 Å². The van der Waals surface area contributed by atoms with Gasteiger partial charge in [0.05, 0.1) is 5.69 Å². The molecule has 3 aromatic carbocycles. The zero-order valence-electron chi connectivity index (χ0n) is 13.9. The van der Waals surface area contributed by atoms with Crippen molar-refractivity contribution < 1.29 is 13.0 Å². The lowest BCUT2D eigenvalue weighted by Gasteiger charge is -2.12. The lowest BCUT2D eigenvalue weighted by Crippen LogP contribution is -2.04. The Hall–Kier alpha value is -3.03. The van der Waals surface area contributed by atoms with Crippen molar-refractivity contribution >= 4 is 32.9 Å². The lowest BCUT2D eigenvalue weighted by atomic mass is 10.0. The molecule has 6 N–H and O–H groups in total. The van der Waals surface area contributed by atoms with Crippen LogP contribution in [0.1, 0.15) is 11.1 Å². The van der Waals surface area contributed by atoms with Crippen LogP contribution in [0.5, 0.6) is 0 Å². The standard InChI is InChI=1S/C19H19N3O3S/c20-15-5-1-13(2-6-15)11-14-3-8-17(9-4-14)22-18-10-7-16(21)12-19(18)26(23,24)25/h1-10,12,22H,11,20-21H2,(H,23,24,25). The Labute approximate surface area is 152 Å². The molecule has 0 saturated heterocycles.